The van der Waals surface area contributed by atoms with Gasteiger partial charge in [0.2, 0.25) is 0 Å². The van der Waals surface area contributed by atoms with Gasteiger partial charge in [-0.2, -0.15) is 0 Å². The zero-order chi connectivity index (χ0) is 14.7. The number of aromatic nitrogens is 1. The summed E-state index contributed by atoms with van der Waals surface area (Å²) in [7, 11) is 0. The van der Waals surface area contributed by atoms with Crippen LogP contribution in [0.15, 0.2) is 48.8 Å². The molecule has 4 heteroatoms. The maximum absolute atomic E-state index is 12.5. The van der Waals surface area contributed by atoms with Crippen LogP contribution in [0.5, 0.6) is 0 Å². The Hall–Kier alpha value is -1.87. The van der Waals surface area contributed by atoms with Gasteiger partial charge in [-0.3, -0.25) is 9.78 Å². The molecular formula is C17H17ClN2O. The molecule has 0 saturated heterocycles. The molecule has 1 aliphatic carbocycles. The molecule has 1 aromatic heterocycles. The van der Waals surface area contributed by atoms with Crippen molar-refractivity contribution in [1.82, 2.24) is 10.3 Å². The predicted molar refractivity (Wildman–Crippen MR) is 83.3 cm³/mol. The molecule has 0 bridgehead atoms. The van der Waals surface area contributed by atoms with Crippen LogP contribution in [-0.2, 0) is 5.54 Å². The zero-order valence-electron chi connectivity index (χ0n) is 11.7. The largest absolute Gasteiger partial charge is 0.343 e. The summed E-state index contributed by atoms with van der Waals surface area (Å²) in [6.45, 7) is 0. The molecule has 3 nitrogen and oxygen atoms in total. The highest BCUT2D eigenvalue weighted by atomic mass is 35.5. The van der Waals surface area contributed by atoms with Gasteiger partial charge in [-0.15, -0.1) is 0 Å². The van der Waals surface area contributed by atoms with Crippen molar-refractivity contribution in [3.63, 3.8) is 0 Å². The molecule has 0 radical (unpaired) electrons. The van der Waals surface area contributed by atoms with Gasteiger partial charge >= 0.3 is 0 Å². The summed E-state index contributed by atoms with van der Waals surface area (Å²) in [6, 6.07) is 11.3. The maximum Gasteiger partial charge on any atom is 0.252 e. The molecule has 1 heterocycles. The van der Waals surface area contributed by atoms with Crippen molar-refractivity contribution >= 4 is 17.5 Å². The topological polar surface area (TPSA) is 42.0 Å². The second-order valence-electron chi connectivity index (χ2n) is 5.49. The van der Waals surface area contributed by atoms with Gasteiger partial charge in [0.05, 0.1) is 5.54 Å². The Labute approximate surface area is 129 Å². The molecule has 1 amide bonds. The fourth-order valence-electron chi connectivity index (χ4n) is 3.04. The second-order valence-corrected chi connectivity index (χ2v) is 5.93. The lowest BCUT2D eigenvalue weighted by Crippen LogP contribution is -2.43. The fourth-order valence-corrected chi connectivity index (χ4v) is 3.23. The van der Waals surface area contributed by atoms with Crippen molar-refractivity contribution in [1.29, 1.82) is 0 Å². The average Bonchev–Trinajstić information content (AvgIpc) is 2.98. The van der Waals surface area contributed by atoms with Crippen molar-refractivity contribution in [3.05, 3.63) is 64.9 Å². The van der Waals surface area contributed by atoms with Gasteiger partial charge in [0, 0.05) is 23.0 Å². The van der Waals surface area contributed by atoms with Crippen molar-refractivity contribution < 1.29 is 4.79 Å². The molecular weight excluding hydrogens is 284 g/mol. The van der Waals surface area contributed by atoms with Crippen LogP contribution in [0.4, 0.5) is 0 Å². The molecule has 3 rings (SSSR count). The molecule has 21 heavy (non-hydrogen) atoms. The summed E-state index contributed by atoms with van der Waals surface area (Å²) in [5.41, 5.74) is 1.43. The van der Waals surface area contributed by atoms with Gasteiger partial charge in [0.25, 0.3) is 5.91 Å². The minimum atomic E-state index is -0.300. The smallest absolute Gasteiger partial charge is 0.252 e. The number of carbonyl (C=O) groups is 1. The van der Waals surface area contributed by atoms with Crippen LogP contribution in [0.25, 0.3) is 0 Å². The zero-order valence-corrected chi connectivity index (χ0v) is 12.4. The first-order valence-electron chi connectivity index (χ1n) is 7.18. The fraction of sp³-hybridized carbons (Fsp3) is 0.294. The highest BCUT2D eigenvalue weighted by Gasteiger charge is 2.37. The summed E-state index contributed by atoms with van der Waals surface area (Å²) in [4.78, 5) is 16.4. The van der Waals surface area contributed by atoms with E-state index in [0.717, 1.165) is 31.2 Å². The maximum atomic E-state index is 12.5. The minimum absolute atomic E-state index is 0.0562. The van der Waals surface area contributed by atoms with E-state index in [1.807, 2.05) is 24.3 Å². The van der Waals surface area contributed by atoms with Crippen LogP contribution in [0.1, 0.15) is 41.6 Å². The molecule has 2 aromatic rings. The molecule has 1 N–H and O–H groups in total. The number of pyridine rings is 1. The van der Waals surface area contributed by atoms with E-state index in [2.05, 4.69) is 10.3 Å². The van der Waals surface area contributed by atoms with Crippen LogP contribution in [-0.4, -0.2) is 10.9 Å². The van der Waals surface area contributed by atoms with Crippen LogP contribution in [0.2, 0.25) is 5.02 Å². The normalized spacial score (nSPS) is 16.6. The van der Waals surface area contributed by atoms with E-state index < -0.39 is 0 Å². The number of rotatable bonds is 3. The average molecular weight is 301 g/mol. The van der Waals surface area contributed by atoms with Crippen LogP contribution in [0.3, 0.4) is 0 Å². The van der Waals surface area contributed by atoms with E-state index in [4.69, 9.17) is 11.6 Å². The van der Waals surface area contributed by atoms with Crippen molar-refractivity contribution in [2.75, 3.05) is 0 Å². The molecule has 1 aromatic carbocycles. The molecule has 108 valence electrons. The number of halogens is 1. The highest BCUT2D eigenvalue weighted by Crippen LogP contribution is 2.39. The number of hydrogen-bond donors (Lipinski definition) is 1. The molecule has 0 aliphatic heterocycles. The third kappa shape index (κ3) is 2.93. The first-order valence-corrected chi connectivity index (χ1v) is 7.56. The minimum Gasteiger partial charge on any atom is -0.343 e. The molecule has 0 atom stereocenters. The summed E-state index contributed by atoms with van der Waals surface area (Å²) >= 11 is 6.12. The Morgan fingerprint density at radius 3 is 2.52 bits per heavy atom. The van der Waals surface area contributed by atoms with Crippen LogP contribution >= 0.6 is 11.6 Å². The monoisotopic (exact) mass is 300 g/mol. The Morgan fingerprint density at radius 2 is 1.86 bits per heavy atom. The lowest BCUT2D eigenvalue weighted by molar-refractivity contribution is 0.0898. The summed E-state index contributed by atoms with van der Waals surface area (Å²) in [6.07, 6.45) is 7.39. The van der Waals surface area contributed by atoms with E-state index in [-0.39, 0.29) is 11.4 Å². The van der Waals surface area contributed by atoms with E-state index >= 15 is 0 Å². The molecule has 1 fully saturated rings. The Bertz CT molecular complexity index is 636. The predicted octanol–water partition coefficient (Wildman–Crippen LogP) is 3.93. The Kier molecular flexibility index (Phi) is 3.93. The van der Waals surface area contributed by atoms with Crippen LogP contribution < -0.4 is 5.32 Å². The number of benzene rings is 1. The first-order chi connectivity index (χ1) is 10.2. The third-order valence-corrected chi connectivity index (χ3v) is 4.36. The summed E-state index contributed by atoms with van der Waals surface area (Å²) in [5, 5.41) is 3.93. The Balaban J connectivity index is 1.90. The lowest BCUT2D eigenvalue weighted by atomic mass is 9.88. The molecule has 0 spiro atoms. The third-order valence-electron chi connectivity index (χ3n) is 4.13. The molecule has 1 aliphatic rings. The number of carbonyl (C=O) groups excluding carboxylic acids is 1. The summed E-state index contributed by atoms with van der Waals surface area (Å²) < 4.78 is 0. The molecule has 1 saturated carbocycles. The second kappa shape index (κ2) is 5.86. The van der Waals surface area contributed by atoms with Gasteiger partial charge in [0.1, 0.15) is 0 Å². The number of nitrogens with one attached hydrogen (secondary N) is 1. The van der Waals surface area contributed by atoms with Crippen LogP contribution in [0, 0.1) is 0 Å². The standard InChI is InChI=1S/C17H17ClN2O/c18-15-5-3-4-14(12-15)17(8-1-2-9-17)20-16(21)13-6-10-19-11-7-13/h3-7,10-12H,1-2,8-9H2,(H,20,21). The van der Waals surface area contributed by atoms with Crippen molar-refractivity contribution in [3.8, 4) is 0 Å². The van der Waals surface area contributed by atoms with Gasteiger partial charge in [-0.25, -0.2) is 0 Å². The van der Waals surface area contributed by atoms with Gasteiger partial charge in [-0.1, -0.05) is 36.6 Å². The number of nitrogens with zero attached hydrogens (tertiary/aromatic N) is 1. The number of amides is 1. The SMILES string of the molecule is O=C(NC1(c2cccc(Cl)c2)CCCC1)c1ccncc1. The Morgan fingerprint density at radius 1 is 1.14 bits per heavy atom. The van der Waals surface area contributed by atoms with Crippen molar-refractivity contribution in [2.24, 2.45) is 0 Å². The van der Waals surface area contributed by atoms with E-state index in [1.54, 1.807) is 24.5 Å². The van der Waals surface area contributed by atoms with Crippen molar-refractivity contribution in [2.45, 2.75) is 31.2 Å². The van der Waals surface area contributed by atoms with E-state index in [0.29, 0.717) is 10.6 Å². The lowest BCUT2D eigenvalue weighted by Gasteiger charge is -2.31. The van der Waals surface area contributed by atoms with E-state index in [1.165, 1.54) is 0 Å². The van der Waals surface area contributed by atoms with Gasteiger partial charge in [0.15, 0.2) is 0 Å². The number of hydrogen-bond acceptors (Lipinski definition) is 2. The van der Waals surface area contributed by atoms with E-state index in [9.17, 15) is 4.79 Å². The van der Waals surface area contributed by atoms with Gasteiger partial charge < -0.3 is 5.32 Å². The summed E-state index contributed by atoms with van der Waals surface area (Å²) in [5.74, 6) is -0.0562. The highest BCUT2D eigenvalue weighted by molar-refractivity contribution is 6.30. The quantitative estimate of drug-likeness (QED) is 0.933. The molecule has 0 unspecified atom stereocenters. The van der Waals surface area contributed by atoms with Gasteiger partial charge in [-0.05, 0) is 42.7 Å². The first kappa shape index (κ1) is 14.1.